The van der Waals surface area contributed by atoms with Crippen LogP contribution in [0.2, 0.25) is 0 Å². The fraction of sp³-hybridized carbons (Fsp3) is 0.579. The molecule has 2 amide bonds. The molecule has 1 atom stereocenters. The lowest BCUT2D eigenvalue weighted by Gasteiger charge is -2.30. The zero-order chi connectivity index (χ0) is 17.2. The van der Waals surface area contributed by atoms with Crippen molar-refractivity contribution in [2.75, 3.05) is 18.0 Å². The number of nitrogens with two attached hydrogens (primary N) is 1. The van der Waals surface area contributed by atoms with Crippen LogP contribution in [0.5, 0.6) is 0 Å². The average Bonchev–Trinajstić information content (AvgIpc) is 3.22. The Morgan fingerprint density at radius 1 is 1.32 bits per heavy atom. The van der Waals surface area contributed by atoms with Crippen molar-refractivity contribution in [3.8, 4) is 0 Å². The second-order valence-corrected chi connectivity index (χ2v) is 7.07. The molecule has 3 rings (SSSR count). The maximum absolute atomic E-state index is 12.7. The third-order valence-corrected chi connectivity index (χ3v) is 5.50. The molecule has 1 heterocycles. The molecule has 1 aliphatic heterocycles. The standard InChI is InChI=1S/C19H27N3O2.ClH/c1-2-14-7-3-4-8-16(14)22-12-15(11-17(22)23)18(24)21-19(13-20)9-5-6-10-19;/h3-4,7-8,15H,2,5-6,9-13,20H2,1H3,(H,21,24);1H. The van der Waals surface area contributed by atoms with Gasteiger partial charge in [-0.1, -0.05) is 38.0 Å². The van der Waals surface area contributed by atoms with Crippen molar-refractivity contribution in [1.82, 2.24) is 5.32 Å². The number of aryl methyl sites for hydroxylation is 1. The number of anilines is 1. The molecule has 0 spiro atoms. The van der Waals surface area contributed by atoms with E-state index in [2.05, 4.69) is 12.2 Å². The van der Waals surface area contributed by atoms with E-state index in [0.29, 0.717) is 13.1 Å². The number of benzene rings is 1. The molecule has 2 aliphatic rings. The Kier molecular flexibility index (Phi) is 6.47. The van der Waals surface area contributed by atoms with Gasteiger partial charge in [-0.15, -0.1) is 12.4 Å². The Hall–Kier alpha value is -1.59. The summed E-state index contributed by atoms with van der Waals surface area (Å²) < 4.78 is 0. The van der Waals surface area contributed by atoms with Crippen LogP contribution in [0.1, 0.15) is 44.6 Å². The SMILES string of the molecule is CCc1ccccc1N1CC(C(=O)NC2(CN)CCCC2)CC1=O.Cl. The second-order valence-electron chi connectivity index (χ2n) is 7.07. The predicted octanol–water partition coefficient (Wildman–Crippen LogP) is 2.41. The number of carbonyl (C=O) groups is 2. The summed E-state index contributed by atoms with van der Waals surface area (Å²) in [6, 6.07) is 7.93. The maximum Gasteiger partial charge on any atom is 0.227 e. The van der Waals surface area contributed by atoms with E-state index in [1.807, 2.05) is 24.3 Å². The highest BCUT2D eigenvalue weighted by Gasteiger charge is 2.40. The molecule has 2 fully saturated rings. The number of hydrogen-bond donors (Lipinski definition) is 2. The third-order valence-electron chi connectivity index (χ3n) is 5.50. The van der Waals surface area contributed by atoms with Crippen LogP contribution >= 0.6 is 12.4 Å². The summed E-state index contributed by atoms with van der Waals surface area (Å²) in [4.78, 5) is 26.9. The van der Waals surface area contributed by atoms with Crippen molar-refractivity contribution in [2.45, 2.75) is 51.0 Å². The van der Waals surface area contributed by atoms with E-state index >= 15 is 0 Å². The van der Waals surface area contributed by atoms with Crippen LogP contribution in [0.4, 0.5) is 5.69 Å². The number of carbonyl (C=O) groups excluding carboxylic acids is 2. The maximum atomic E-state index is 12.7. The molecule has 0 bridgehead atoms. The fourth-order valence-corrected chi connectivity index (χ4v) is 3.98. The number of nitrogens with one attached hydrogen (secondary N) is 1. The minimum Gasteiger partial charge on any atom is -0.349 e. The summed E-state index contributed by atoms with van der Waals surface area (Å²) in [5, 5.41) is 3.16. The lowest BCUT2D eigenvalue weighted by molar-refractivity contribution is -0.127. The molecule has 1 aromatic carbocycles. The van der Waals surface area contributed by atoms with E-state index < -0.39 is 0 Å². The summed E-state index contributed by atoms with van der Waals surface area (Å²) in [5.74, 6) is -0.275. The van der Waals surface area contributed by atoms with Gasteiger partial charge in [0.05, 0.1) is 11.5 Å². The van der Waals surface area contributed by atoms with Crippen LogP contribution in [0.15, 0.2) is 24.3 Å². The number of halogens is 1. The first-order chi connectivity index (χ1) is 11.6. The molecule has 5 nitrogen and oxygen atoms in total. The minimum atomic E-state index is -0.286. The molecule has 0 aromatic heterocycles. The number of hydrogen-bond acceptors (Lipinski definition) is 3. The van der Waals surface area contributed by atoms with Crippen molar-refractivity contribution >= 4 is 29.9 Å². The van der Waals surface area contributed by atoms with Crippen molar-refractivity contribution in [2.24, 2.45) is 11.7 Å². The topological polar surface area (TPSA) is 75.4 Å². The van der Waals surface area contributed by atoms with E-state index in [9.17, 15) is 9.59 Å². The Balaban J connectivity index is 0.00000225. The monoisotopic (exact) mass is 365 g/mol. The molecule has 3 N–H and O–H groups in total. The van der Waals surface area contributed by atoms with Crippen LogP contribution < -0.4 is 16.0 Å². The van der Waals surface area contributed by atoms with Gasteiger partial charge in [-0.25, -0.2) is 0 Å². The average molecular weight is 366 g/mol. The Labute approximate surface area is 155 Å². The van der Waals surface area contributed by atoms with Crippen molar-refractivity contribution < 1.29 is 9.59 Å². The second kappa shape index (κ2) is 8.19. The first-order valence-electron chi connectivity index (χ1n) is 8.99. The number of amides is 2. The lowest BCUT2D eigenvalue weighted by atomic mass is 9.96. The highest BCUT2D eigenvalue weighted by atomic mass is 35.5. The van der Waals surface area contributed by atoms with Gasteiger partial charge >= 0.3 is 0 Å². The third kappa shape index (κ3) is 3.98. The van der Waals surface area contributed by atoms with Gasteiger partial charge in [-0.2, -0.15) is 0 Å². The molecule has 1 saturated heterocycles. The first kappa shape index (κ1) is 19.7. The van der Waals surface area contributed by atoms with Crippen LogP contribution in [0.25, 0.3) is 0 Å². The van der Waals surface area contributed by atoms with E-state index in [1.54, 1.807) is 4.90 Å². The summed E-state index contributed by atoms with van der Waals surface area (Å²) >= 11 is 0. The van der Waals surface area contributed by atoms with Crippen LogP contribution in [-0.2, 0) is 16.0 Å². The molecule has 6 heteroatoms. The minimum absolute atomic E-state index is 0. The lowest BCUT2D eigenvalue weighted by Crippen LogP contribution is -2.53. The molecule has 1 aliphatic carbocycles. The highest BCUT2D eigenvalue weighted by Crippen LogP contribution is 2.31. The largest absolute Gasteiger partial charge is 0.349 e. The van der Waals surface area contributed by atoms with Gasteiger partial charge < -0.3 is 16.0 Å². The van der Waals surface area contributed by atoms with Crippen molar-refractivity contribution in [3.05, 3.63) is 29.8 Å². The van der Waals surface area contributed by atoms with Gasteiger partial charge in [0.1, 0.15) is 0 Å². The number of nitrogens with zero attached hydrogens (tertiary/aromatic N) is 1. The van der Waals surface area contributed by atoms with Crippen molar-refractivity contribution in [3.63, 3.8) is 0 Å². The van der Waals surface area contributed by atoms with Gasteiger partial charge in [0.2, 0.25) is 11.8 Å². The number of rotatable bonds is 5. The summed E-state index contributed by atoms with van der Waals surface area (Å²) in [5.41, 5.74) is 7.73. The van der Waals surface area contributed by atoms with Crippen molar-refractivity contribution in [1.29, 1.82) is 0 Å². The molecule has 1 saturated carbocycles. The zero-order valence-corrected chi connectivity index (χ0v) is 15.6. The smallest absolute Gasteiger partial charge is 0.227 e. The van der Waals surface area contributed by atoms with Gasteiger partial charge in [0.15, 0.2) is 0 Å². The Morgan fingerprint density at radius 3 is 2.64 bits per heavy atom. The van der Waals surface area contributed by atoms with Crippen LogP contribution in [0, 0.1) is 5.92 Å². The van der Waals surface area contributed by atoms with Crippen LogP contribution in [0.3, 0.4) is 0 Å². The van der Waals surface area contributed by atoms with Gasteiger partial charge in [-0.3, -0.25) is 9.59 Å². The Morgan fingerprint density at radius 2 is 2.00 bits per heavy atom. The molecule has 1 unspecified atom stereocenters. The molecule has 0 radical (unpaired) electrons. The van der Waals surface area contributed by atoms with Gasteiger partial charge in [-0.05, 0) is 30.9 Å². The predicted molar refractivity (Wildman–Crippen MR) is 102 cm³/mol. The van der Waals surface area contributed by atoms with E-state index in [0.717, 1.165) is 43.4 Å². The quantitative estimate of drug-likeness (QED) is 0.841. The Bertz CT molecular complexity index is 629. The normalized spacial score (nSPS) is 21.9. The number of para-hydroxylation sites is 1. The molecular weight excluding hydrogens is 338 g/mol. The van der Waals surface area contributed by atoms with Gasteiger partial charge in [0.25, 0.3) is 0 Å². The van der Waals surface area contributed by atoms with Gasteiger partial charge in [0, 0.05) is 25.2 Å². The summed E-state index contributed by atoms with van der Waals surface area (Å²) in [7, 11) is 0. The van der Waals surface area contributed by atoms with E-state index in [-0.39, 0.29) is 42.1 Å². The first-order valence-corrected chi connectivity index (χ1v) is 8.99. The molecule has 25 heavy (non-hydrogen) atoms. The fourth-order valence-electron chi connectivity index (χ4n) is 3.98. The highest BCUT2D eigenvalue weighted by molar-refractivity contribution is 6.01. The summed E-state index contributed by atoms with van der Waals surface area (Å²) in [6.45, 7) is 3.01. The molecule has 138 valence electrons. The molecule has 1 aromatic rings. The zero-order valence-electron chi connectivity index (χ0n) is 14.8. The van der Waals surface area contributed by atoms with E-state index in [4.69, 9.17) is 5.73 Å². The van der Waals surface area contributed by atoms with Crippen LogP contribution in [-0.4, -0.2) is 30.4 Å². The summed E-state index contributed by atoms with van der Waals surface area (Å²) in [6.07, 6.45) is 5.25. The van der Waals surface area contributed by atoms with E-state index in [1.165, 1.54) is 0 Å². The molecular formula is C19H28ClN3O2.